The minimum Gasteiger partial charge on any atom is -0.390 e. The highest BCUT2D eigenvalue weighted by molar-refractivity contribution is 7.89. The SMILES string of the molecule is CN(C)S(=O)(=O)CCCN1CCC2(CC1)OCCC[C@H]2O. The fourth-order valence-electron chi connectivity index (χ4n) is 3.20. The van der Waals surface area contributed by atoms with Crippen LogP contribution in [0.25, 0.3) is 0 Å². The van der Waals surface area contributed by atoms with Crippen LogP contribution in [0, 0.1) is 0 Å². The van der Waals surface area contributed by atoms with E-state index in [1.54, 1.807) is 14.1 Å². The fraction of sp³-hybridized carbons (Fsp3) is 1.00. The molecule has 21 heavy (non-hydrogen) atoms. The van der Waals surface area contributed by atoms with Gasteiger partial charge in [0.1, 0.15) is 0 Å². The van der Waals surface area contributed by atoms with Crippen molar-refractivity contribution in [2.45, 2.75) is 43.8 Å². The monoisotopic (exact) mass is 320 g/mol. The molecule has 2 saturated heterocycles. The van der Waals surface area contributed by atoms with E-state index >= 15 is 0 Å². The van der Waals surface area contributed by atoms with Gasteiger partial charge in [0.15, 0.2) is 0 Å². The summed E-state index contributed by atoms with van der Waals surface area (Å²) in [5, 5.41) is 10.2. The van der Waals surface area contributed by atoms with Crippen LogP contribution in [0.4, 0.5) is 0 Å². The number of ether oxygens (including phenoxy) is 1. The minimum atomic E-state index is -3.09. The molecular weight excluding hydrogens is 292 g/mol. The molecule has 124 valence electrons. The summed E-state index contributed by atoms with van der Waals surface area (Å²) in [7, 11) is 0.0496. The molecule has 0 aromatic heterocycles. The third-order valence-corrected chi connectivity index (χ3v) is 6.67. The molecule has 7 heteroatoms. The Balaban J connectivity index is 1.75. The van der Waals surface area contributed by atoms with Crippen LogP contribution in [-0.2, 0) is 14.8 Å². The minimum absolute atomic E-state index is 0.195. The van der Waals surface area contributed by atoms with E-state index in [9.17, 15) is 13.5 Å². The van der Waals surface area contributed by atoms with E-state index in [4.69, 9.17) is 4.74 Å². The number of aliphatic hydroxyl groups is 1. The van der Waals surface area contributed by atoms with E-state index in [0.717, 1.165) is 51.9 Å². The van der Waals surface area contributed by atoms with Crippen LogP contribution in [0.2, 0.25) is 0 Å². The fourth-order valence-corrected chi connectivity index (χ4v) is 4.06. The number of nitrogens with zero attached hydrogens (tertiary/aromatic N) is 2. The molecule has 2 aliphatic rings. The maximum Gasteiger partial charge on any atom is 0.213 e. The van der Waals surface area contributed by atoms with E-state index in [1.165, 1.54) is 4.31 Å². The Morgan fingerprint density at radius 1 is 1.33 bits per heavy atom. The van der Waals surface area contributed by atoms with E-state index in [0.29, 0.717) is 6.42 Å². The number of hydrogen-bond donors (Lipinski definition) is 1. The van der Waals surface area contributed by atoms with Crippen molar-refractivity contribution in [1.29, 1.82) is 0 Å². The molecule has 2 heterocycles. The second-order valence-corrected chi connectivity index (χ2v) is 8.67. The summed E-state index contributed by atoms with van der Waals surface area (Å²) in [6.45, 7) is 3.29. The van der Waals surface area contributed by atoms with E-state index in [-0.39, 0.29) is 17.5 Å². The molecule has 2 aliphatic heterocycles. The highest BCUT2D eigenvalue weighted by Gasteiger charge is 2.43. The zero-order chi connectivity index (χ0) is 15.5. The van der Waals surface area contributed by atoms with Gasteiger partial charge in [-0.15, -0.1) is 0 Å². The highest BCUT2D eigenvalue weighted by atomic mass is 32.2. The molecule has 6 nitrogen and oxygen atoms in total. The summed E-state index contributed by atoms with van der Waals surface area (Å²) in [4.78, 5) is 2.28. The normalized spacial score (nSPS) is 27.3. The number of aliphatic hydroxyl groups excluding tert-OH is 1. The molecule has 1 spiro atoms. The lowest BCUT2D eigenvalue weighted by Gasteiger charge is -2.46. The largest absolute Gasteiger partial charge is 0.390 e. The van der Waals surface area contributed by atoms with Crippen LogP contribution in [0.15, 0.2) is 0 Å². The quantitative estimate of drug-likeness (QED) is 0.788. The highest BCUT2D eigenvalue weighted by Crippen LogP contribution is 2.35. The standard InChI is InChI=1S/C14H28N2O4S/c1-15(2)21(18,19)12-4-8-16-9-6-14(7-10-16)13(17)5-3-11-20-14/h13,17H,3-12H2,1-2H3/t13-/m1/s1. The Morgan fingerprint density at radius 3 is 2.57 bits per heavy atom. The summed E-state index contributed by atoms with van der Waals surface area (Å²) >= 11 is 0. The Hall–Kier alpha value is -0.210. The summed E-state index contributed by atoms with van der Waals surface area (Å²) in [5.74, 6) is 0.195. The van der Waals surface area contributed by atoms with Gasteiger partial charge >= 0.3 is 0 Å². The maximum absolute atomic E-state index is 11.7. The van der Waals surface area contributed by atoms with Crippen LogP contribution in [0.3, 0.4) is 0 Å². The lowest BCUT2D eigenvalue weighted by Crippen LogP contribution is -2.55. The zero-order valence-corrected chi connectivity index (χ0v) is 13.9. The molecule has 0 aromatic carbocycles. The van der Waals surface area contributed by atoms with Crippen molar-refractivity contribution in [3.05, 3.63) is 0 Å². The Bertz CT molecular complexity index is 430. The third-order valence-electron chi connectivity index (χ3n) is 4.75. The van der Waals surface area contributed by atoms with Crippen molar-refractivity contribution in [2.24, 2.45) is 0 Å². The van der Waals surface area contributed by atoms with Crippen molar-refractivity contribution in [2.75, 3.05) is 46.1 Å². The smallest absolute Gasteiger partial charge is 0.213 e. The Labute approximate surface area is 128 Å². The van der Waals surface area contributed by atoms with E-state index in [2.05, 4.69) is 4.90 Å². The second kappa shape index (κ2) is 6.91. The van der Waals surface area contributed by atoms with Crippen LogP contribution in [-0.4, -0.2) is 80.5 Å². The van der Waals surface area contributed by atoms with E-state index in [1.807, 2.05) is 0 Å². The van der Waals surface area contributed by atoms with Gasteiger partial charge in [0, 0.05) is 33.8 Å². The van der Waals surface area contributed by atoms with Gasteiger partial charge in [-0.05, 0) is 38.6 Å². The van der Waals surface area contributed by atoms with Crippen LogP contribution in [0.1, 0.15) is 32.1 Å². The molecule has 0 radical (unpaired) electrons. The molecule has 0 amide bonds. The second-order valence-electron chi connectivity index (χ2n) is 6.36. The van der Waals surface area contributed by atoms with E-state index < -0.39 is 10.0 Å². The van der Waals surface area contributed by atoms with Crippen LogP contribution in [0.5, 0.6) is 0 Å². The molecule has 0 saturated carbocycles. The van der Waals surface area contributed by atoms with Gasteiger partial charge in [-0.1, -0.05) is 0 Å². The number of sulfonamides is 1. The van der Waals surface area contributed by atoms with Crippen molar-refractivity contribution in [3.8, 4) is 0 Å². The van der Waals surface area contributed by atoms with Crippen molar-refractivity contribution < 1.29 is 18.3 Å². The predicted octanol–water partition coefficient (Wildman–Crippen LogP) is 0.274. The first-order valence-corrected chi connectivity index (χ1v) is 9.41. The molecule has 1 atom stereocenters. The summed E-state index contributed by atoms with van der Waals surface area (Å²) in [6.07, 6.45) is 3.76. The van der Waals surface area contributed by atoms with Crippen LogP contribution < -0.4 is 0 Å². The van der Waals surface area contributed by atoms with Crippen molar-refractivity contribution >= 4 is 10.0 Å². The van der Waals surface area contributed by atoms with Crippen molar-refractivity contribution in [1.82, 2.24) is 9.21 Å². The first-order valence-electron chi connectivity index (χ1n) is 7.80. The lowest BCUT2D eigenvalue weighted by molar-refractivity contribution is -0.176. The Kier molecular flexibility index (Phi) is 5.65. The van der Waals surface area contributed by atoms with Gasteiger partial charge in [-0.3, -0.25) is 0 Å². The average molecular weight is 320 g/mol. The molecule has 0 unspecified atom stereocenters. The molecular formula is C14H28N2O4S. The topological polar surface area (TPSA) is 70.1 Å². The molecule has 2 rings (SSSR count). The van der Waals surface area contributed by atoms with Gasteiger partial charge < -0.3 is 14.7 Å². The number of likely N-dealkylation sites (tertiary alicyclic amines) is 1. The van der Waals surface area contributed by atoms with Gasteiger partial charge in [0.2, 0.25) is 10.0 Å². The Morgan fingerprint density at radius 2 is 2.00 bits per heavy atom. The summed E-state index contributed by atoms with van der Waals surface area (Å²) in [5.41, 5.74) is -0.343. The van der Waals surface area contributed by atoms with Gasteiger partial charge in [-0.2, -0.15) is 0 Å². The number of hydrogen-bond acceptors (Lipinski definition) is 5. The molecule has 0 bridgehead atoms. The maximum atomic E-state index is 11.7. The predicted molar refractivity (Wildman–Crippen MR) is 81.7 cm³/mol. The third kappa shape index (κ3) is 4.16. The lowest BCUT2D eigenvalue weighted by atomic mass is 9.82. The van der Waals surface area contributed by atoms with Gasteiger partial charge in [-0.25, -0.2) is 12.7 Å². The first-order chi connectivity index (χ1) is 9.86. The summed E-state index contributed by atoms with van der Waals surface area (Å²) in [6, 6.07) is 0. The first kappa shape index (κ1) is 17.1. The van der Waals surface area contributed by atoms with Gasteiger partial charge in [0.25, 0.3) is 0 Å². The average Bonchev–Trinajstić information content (AvgIpc) is 2.44. The molecule has 0 aliphatic carbocycles. The number of rotatable bonds is 5. The molecule has 0 aromatic rings. The zero-order valence-electron chi connectivity index (χ0n) is 13.1. The molecule has 2 fully saturated rings. The van der Waals surface area contributed by atoms with Gasteiger partial charge in [0.05, 0.1) is 17.5 Å². The molecule has 1 N–H and O–H groups in total. The van der Waals surface area contributed by atoms with Crippen LogP contribution >= 0.6 is 0 Å². The summed E-state index contributed by atoms with van der Waals surface area (Å²) < 4.78 is 30.6. The number of piperidine rings is 1. The van der Waals surface area contributed by atoms with Crippen molar-refractivity contribution in [3.63, 3.8) is 0 Å².